The number of hydrogen-bond donors (Lipinski definition) is 1. The second-order valence-electron chi connectivity index (χ2n) is 6.84. The van der Waals surface area contributed by atoms with Crippen molar-refractivity contribution in [2.75, 3.05) is 13.2 Å². The van der Waals surface area contributed by atoms with Crippen molar-refractivity contribution in [1.29, 1.82) is 0 Å². The summed E-state index contributed by atoms with van der Waals surface area (Å²) in [4.78, 5) is 39.3. The molecule has 1 aliphatic carbocycles. The number of nitrogens with one attached hydrogen (secondary N) is 1. The van der Waals surface area contributed by atoms with Crippen LogP contribution in [0.3, 0.4) is 0 Å². The summed E-state index contributed by atoms with van der Waals surface area (Å²) in [7, 11) is 0. The average Bonchev–Trinajstić information content (AvgIpc) is 3.40. The first-order valence-corrected chi connectivity index (χ1v) is 9.46. The second-order valence-corrected chi connectivity index (χ2v) is 7.28. The van der Waals surface area contributed by atoms with Crippen molar-refractivity contribution in [1.82, 2.24) is 20.0 Å². The lowest BCUT2D eigenvalue weighted by Gasteiger charge is -2.22. The van der Waals surface area contributed by atoms with E-state index >= 15 is 0 Å². The van der Waals surface area contributed by atoms with Gasteiger partial charge in [-0.25, -0.2) is 9.69 Å². The number of quaternary nitrogens is 1. The van der Waals surface area contributed by atoms with E-state index in [2.05, 4.69) is 10.2 Å². The lowest BCUT2D eigenvalue weighted by Crippen LogP contribution is -3.13. The van der Waals surface area contributed by atoms with Crippen molar-refractivity contribution in [3.05, 3.63) is 35.2 Å². The van der Waals surface area contributed by atoms with Crippen LogP contribution >= 0.6 is 11.6 Å². The highest BCUT2D eigenvalue weighted by molar-refractivity contribution is 6.44. The fourth-order valence-electron chi connectivity index (χ4n) is 3.22. The summed E-state index contributed by atoms with van der Waals surface area (Å²) in [5, 5.41) is 8.77. The van der Waals surface area contributed by atoms with Gasteiger partial charge in [-0.15, -0.1) is 10.2 Å². The number of halogens is 1. The Hall–Kier alpha value is -2.78. The minimum Gasteiger partial charge on any atom is -0.415 e. The van der Waals surface area contributed by atoms with Gasteiger partial charge in [0, 0.05) is 30.0 Å². The van der Waals surface area contributed by atoms with E-state index in [0.29, 0.717) is 23.3 Å². The zero-order valence-corrected chi connectivity index (χ0v) is 16.0. The molecule has 10 heteroatoms. The number of aromatic nitrogens is 2. The molecule has 146 valence electrons. The van der Waals surface area contributed by atoms with E-state index in [1.807, 2.05) is 0 Å². The third-order valence-corrected chi connectivity index (χ3v) is 5.16. The van der Waals surface area contributed by atoms with Crippen LogP contribution in [-0.4, -0.2) is 57.1 Å². The molecule has 9 nitrogen and oxygen atoms in total. The highest BCUT2D eigenvalue weighted by atomic mass is 35.5. The predicted octanol–water partition coefficient (Wildman–Crippen LogP) is 0.706. The van der Waals surface area contributed by atoms with E-state index in [-0.39, 0.29) is 19.3 Å². The summed E-state index contributed by atoms with van der Waals surface area (Å²) >= 11 is 5.89. The van der Waals surface area contributed by atoms with E-state index in [1.165, 1.54) is 0 Å². The molecule has 2 aliphatic rings. The standard InChI is InChI=1S/C18H18ClN5O4/c1-2-23-16(25)17(26)24(18(23)27)10-22(13-7-8-13)9-14-20-21-15(28-14)11-3-5-12(19)6-4-11/h3-6,13H,2,7-10H2,1H3/p+1. The molecule has 4 rings (SSSR count). The molecule has 0 bridgehead atoms. The first-order valence-electron chi connectivity index (χ1n) is 9.08. The van der Waals surface area contributed by atoms with Gasteiger partial charge < -0.3 is 9.32 Å². The fourth-order valence-corrected chi connectivity index (χ4v) is 3.35. The minimum atomic E-state index is -0.780. The lowest BCUT2D eigenvalue weighted by atomic mass is 10.2. The van der Waals surface area contributed by atoms with Gasteiger partial charge in [0.2, 0.25) is 5.89 Å². The first kappa shape index (κ1) is 18.6. The molecule has 4 amide bonds. The number of urea groups is 1. The molecule has 1 aliphatic heterocycles. The van der Waals surface area contributed by atoms with Crippen LogP contribution in [0.1, 0.15) is 25.7 Å². The van der Waals surface area contributed by atoms with Gasteiger partial charge in [0.25, 0.3) is 5.89 Å². The number of nitrogens with zero attached hydrogens (tertiary/aromatic N) is 4. The predicted molar refractivity (Wildman–Crippen MR) is 96.9 cm³/mol. The molecule has 1 aromatic carbocycles. The lowest BCUT2D eigenvalue weighted by molar-refractivity contribution is -0.933. The Morgan fingerprint density at radius 1 is 1.11 bits per heavy atom. The van der Waals surface area contributed by atoms with Gasteiger partial charge >= 0.3 is 17.8 Å². The van der Waals surface area contributed by atoms with Crippen LogP contribution in [0, 0.1) is 0 Å². The Morgan fingerprint density at radius 2 is 1.79 bits per heavy atom. The zero-order valence-electron chi connectivity index (χ0n) is 15.2. The molecule has 28 heavy (non-hydrogen) atoms. The molecule has 1 N–H and O–H groups in total. The molecular weight excluding hydrogens is 386 g/mol. The number of carbonyl (C=O) groups excluding carboxylic acids is 3. The topological polar surface area (TPSA) is 101 Å². The van der Waals surface area contributed by atoms with E-state index in [0.717, 1.165) is 33.1 Å². The SMILES string of the molecule is CCN1C(=O)C(=O)N(C[NH+](Cc2nnc(-c3ccc(Cl)cc3)o2)C2CC2)C1=O. The Morgan fingerprint density at radius 3 is 2.39 bits per heavy atom. The van der Waals surface area contributed by atoms with E-state index in [9.17, 15) is 14.4 Å². The number of hydrogen-bond acceptors (Lipinski definition) is 6. The highest BCUT2D eigenvalue weighted by Gasteiger charge is 2.47. The number of likely N-dealkylation sites (N-methyl/N-ethyl adjacent to an activating group) is 1. The van der Waals surface area contributed by atoms with Gasteiger partial charge in [-0.3, -0.25) is 14.5 Å². The maximum Gasteiger partial charge on any atom is 0.338 e. The summed E-state index contributed by atoms with van der Waals surface area (Å²) in [5.41, 5.74) is 0.755. The van der Waals surface area contributed by atoms with Crippen molar-refractivity contribution in [2.45, 2.75) is 32.4 Å². The number of rotatable bonds is 7. The van der Waals surface area contributed by atoms with Gasteiger partial charge in [-0.05, 0) is 31.2 Å². The monoisotopic (exact) mass is 404 g/mol. The molecule has 0 radical (unpaired) electrons. The van der Waals surface area contributed by atoms with Crippen molar-refractivity contribution in [3.8, 4) is 11.5 Å². The number of amides is 4. The Kier molecular flexibility index (Phi) is 4.86. The van der Waals surface area contributed by atoms with Crippen LogP contribution in [-0.2, 0) is 16.1 Å². The quantitative estimate of drug-likeness (QED) is 0.538. The van der Waals surface area contributed by atoms with Crippen molar-refractivity contribution >= 4 is 29.4 Å². The maximum absolute atomic E-state index is 12.3. The maximum atomic E-state index is 12.3. The summed E-state index contributed by atoms with van der Waals surface area (Å²) < 4.78 is 5.75. The summed E-state index contributed by atoms with van der Waals surface area (Å²) in [5.74, 6) is -0.769. The van der Waals surface area contributed by atoms with Crippen LogP contribution in [0.25, 0.3) is 11.5 Å². The summed E-state index contributed by atoms with van der Waals surface area (Å²) in [6.07, 6.45) is 1.96. The molecule has 2 fully saturated rings. The van der Waals surface area contributed by atoms with Gasteiger partial charge in [-0.1, -0.05) is 11.6 Å². The number of benzene rings is 1. The second kappa shape index (κ2) is 7.33. The van der Waals surface area contributed by atoms with Crippen LogP contribution in [0.5, 0.6) is 0 Å². The van der Waals surface area contributed by atoms with E-state index < -0.39 is 17.8 Å². The van der Waals surface area contributed by atoms with E-state index in [4.69, 9.17) is 16.0 Å². The number of carbonyl (C=O) groups is 3. The molecule has 1 unspecified atom stereocenters. The normalized spacial score (nSPS) is 18.3. The third kappa shape index (κ3) is 3.50. The van der Waals surface area contributed by atoms with E-state index in [1.54, 1.807) is 31.2 Å². The highest BCUT2D eigenvalue weighted by Crippen LogP contribution is 2.21. The van der Waals surface area contributed by atoms with Crippen LogP contribution < -0.4 is 4.90 Å². The molecule has 2 aromatic rings. The van der Waals surface area contributed by atoms with Gasteiger partial charge in [0.1, 0.15) is 0 Å². The third-order valence-electron chi connectivity index (χ3n) is 4.90. The fraction of sp³-hybridized carbons (Fsp3) is 0.389. The zero-order chi connectivity index (χ0) is 19.8. The molecule has 2 heterocycles. The first-order chi connectivity index (χ1) is 13.5. The summed E-state index contributed by atoms with van der Waals surface area (Å²) in [6, 6.07) is 6.78. The molecule has 1 aromatic heterocycles. The Labute approximate surface area is 165 Å². The van der Waals surface area contributed by atoms with Gasteiger partial charge in [-0.2, -0.15) is 0 Å². The van der Waals surface area contributed by atoms with Gasteiger partial charge in [0.15, 0.2) is 13.2 Å². The molecular formula is C18H19ClN5O4+. The van der Waals surface area contributed by atoms with Crippen molar-refractivity contribution in [2.24, 2.45) is 0 Å². The van der Waals surface area contributed by atoms with Crippen LogP contribution in [0.15, 0.2) is 28.7 Å². The van der Waals surface area contributed by atoms with Crippen LogP contribution in [0.2, 0.25) is 5.02 Å². The largest absolute Gasteiger partial charge is 0.415 e. The minimum absolute atomic E-state index is 0.100. The molecule has 1 saturated carbocycles. The molecule has 1 saturated heterocycles. The summed E-state index contributed by atoms with van der Waals surface area (Å²) in [6.45, 7) is 2.30. The smallest absolute Gasteiger partial charge is 0.338 e. The molecule has 1 atom stereocenters. The molecule has 0 spiro atoms. The van der Waals surface area contributed by atoms with Crippen LogP contribution in [0.4, 0.5) is 4.79 Å². The average molecular weight is 405 g/mol. The Balaban J connectivity index is 1.48. The number of imide groups is 2. The van der Waals surface area contributed by atoms with Crippen molar-refractivity contribution < 1.29 is 23.7 Å². The van der Waals surface area contributed by atoms with Crippen molar-refractivity contribution in [3.63, 3.8) is 0 Å². The van der Waals surface area contributed by atoms with Gasteiger partial charge in [0.05, 0.1) is 6.04 Å². The Bertz CT molecular complexity index is 924.